The van der Waals surface area contributed by atoms with Crippen molar-refractivity contribution in [3.8, 4) is 17.2 Å². The number of halogens is 1. The molecule has 3 heterocycles. The summed E-state index contributed by atoms with van der Waals surface area (Å²) in [6.45, 7) is 4.35. The number of fused-ring (bicyclic) bond motifs is 2. The summed E-state index contributed by atoms with van der Waals surface area (Å²) in [5, 5.41) is 8.88. The van der Waals surface area contributed by atoms with Gasteiger partial charge in [-0.15, -0.1) is 0 Å². The maximum absolute atomic E-state index is 14.6. The lowest BCUT2D eigenvalue weighted by molar-refractivity contribution is -0.119. The van der Waals surface area contributed by atoms with Crippen LogP contribution in [-0.2, 0) is 28.1 Å². The average Bonchev–Trinajstić information content (AvgIpc) is 3.07. The minimum Gasteiger partial charge on any atom is -0.378 e. The van der Waals surface area contributed by atoms with Crippen LogP contribution in [0.15, 0.2) is 36.4 Å². The molecule has 3 aliphatic rings. The normalized spacial score (nSPS) is 21.8. The number of likely N-dealkylation sites (tertiary alicyclic amines) is 1. The molecule has 5 nitrogen and oxygen atoms in total. The van der Waals surface area contributed by atoms with E-state index in [9.17, 15) is 4.39 Å². The highest BCUT2D eigenvalue weighted by atomic mass is 19.1. The minimum atomic E-state index is -0.695. The van der Waals surface area contributed by atoms with Crippen LogP contribution in [0.25, 0.3) is 11.1 Å². The molecule has 2 saturated heterocycles. The Balaban J connectivity index is 1.39. The van der Waals surface area contributed by atoms with Crippen molar-refractivity contribution in [1.82, 2.24) is 4.90 Å². The van der Waals surface area contributed by atoms with Crippen LogP contribution in [0, 0.1) is 17.1 Å². The van der Waals surface area contributed by atoms with Crippen molar-refractivity contribution >= 4 is 0 Å². The van der Waals surface area contributed by atoms with Gasteiger partial charge in [-0.2, -0.15) is 5.26 Å². The topological polar surface area (TPSA) is 71.5 Å². The molecule has 0 amide bonds. The molecule has 0 aromatic heterocycles. The Morgan fingerprint density at radius 1 is 1.17 bits per heavy atom. The lowest BCUT2D eigenvalue weighted by Gasteiger charge is -2.45. The van der Waals surface area contributed by atoms with Gasteiger partial charge in [0.15, 0.2) is 0 Å². The van der Waals surface area contributed by atoms with Crippen LogP contribution in [0.1, 0.15) is 29.5 Å². The van der Waals surface area contributed by atoms with Crippen LogP contribution >= 0.6 is 0 Å². The van der Waals surface area contributed by atoms with Crippen molar-refractivity contribution in [2.75, 3.05) is 26.3 Å². The van der Waals surface area contributed by atoms with E-state index < -0.39 is 6.04 Å². The van der Waals surface area contributed by atoms with E-state index in [1.807, 2.05) is 18.2 Å². The summed E-state index contributed by atoms with van der Waals surface area (Å²) in [5.41, 5.74) is 10.2. The fourth-order valence-electron chi connectivity index (χ4n) is 4.87. The molecule has 1 spiro atoms. The van der Waals surface area contributed by atoms with E-state index in [4.69, 9.17) is 20.5 Å². The highest BCUT2D eigenvalue weighted by Gasteiger charge is 2.44. The van der Waals surface area contributed by atoms with Crippen molar-refractivity contribution in [2.45, 2.75) is 43.6 Å². The Hall–Kier alpha value is -2.30. The number of hydrogen-bond donors (Lipinski definition) is 1. The van der Waals surface area contributed by atoms with E-state index in [2.05, 4.69) is 17.0 Å². The SMILES string of the molecule is N#C[C@@H](N)Cc1ccc(-c2ccc3c(c2)C2(CCN(C4COC4)CC2)OC3)cc1F. The smallest absolute Gasteiger partial charge is 0.127 e. The summed E-state index contributed by atoms with van der Waals surface area (Å²) < 4.78 is 26.3. The van der Waals surface area contributed by atoms with Crippen molar-refractivity contribution in [3.63, 3.8) is 0 Å². The molecule has 0 bridgehead atoms. The van der Waals surface area contributed by atoms with Crippen molar-refractivity contribution in [3.05, 3.63) is 58.9 Å². The zero-order valence-corrected chi connectivity index (χ0v) is 16.9. The summed E-state index contributed by atoms with van der Waals surface area (Å²) in [7, 11) is 0. The molecule has 156 valence electrons. The summed E-state index contributed by atoms with van der Waals surface area (Å²) >= 11 is 0. The summed E-state index contributed by atoms with van der Waals surface area (Å²) in [4.78, 5) is 2.51. The zero-order chi connectivity index (χ0) is 20.7. The second-order valence-electron chi connectivity index (χ2n) is 8.63. The molecule has 1 atom stereocenters. The molecule has 2 aromatic carbocycles. The number of nitriles is 1. The number of nitrogens with zero attached hydrogens (tertiary/aromatic N) is 2. The third-order valence-corrected chi connectivity index (χ3v) is 6.84. The summed E-state index contributed by atoms with van der Waals surface area (Å²) in [5.74, 6) is -0.319. The van der Waals surface area contributed by atoms with Gasteiger partial charge in [0.2, 0.25) is 0 Å². The van der Waals surface area contributed by atoms with Crippen molar-refractivity contribution in [1.29, 1.82) is 5.26 Å². The quantitative estimate of drug-likeness (QED) is 0.843. The number of piperidine rings is 1. The number of rotatable bonds is 4. The Labute approximate surface area is 176 Å². The molecule has 3 aliphatic heterocycles. The van der Waals surface area contributed by atoms with Gasteiger partial charge in [0.25, 0.3) is 0 Å². The predicted molar refractivity (Wildman–Crippen MR) is 111 cm³/mol. The molecular weight excluding hydrogens is 381 g/mol. The lowest BCUT2D eigenvalue weighted by atomic mass is 9.82. The van der Waals surface area contributed by atoms with E-state index in [1.54, 1.807) is 12.1 Å². The Morgan fingerprint density at radius 2 is 1.90 bits per heavy atom. The van der Waals surface area contributed by atoms with E-state index in [1.165, 1.54) is 11.1 Å². The largest absolute Gasteiger partial charge is 0.378 e. The van der Waals surface area contributed by atoms with Gasteiger partial charge in [-0.25, -0.2) is 4.39 Å². The van der Waals surface area contributed by atoms with Crippen LogP contribution in [0.3, 0.4) is 0 Å². The lowest BCUT2D eigenvalue weighted by Crippen LogP contribution is -2.54. The van der Waals surface area contributed by atoms with E-state index in [0.717, 1.165) is 50.3 Å². The Bertz CT molecular complexity index is 990. The monoisotopic (exact) mass is 407 g/mol. The second kappa shape index (κ2) is 7.75. The van der Waals surface area contributed by atoms with Crippen LogP contribution in [0.5, 0.6) is 0 Å². The second-order valence-corrected chi connectivity index (χ2v) is 8.63. The first-order chi connectivity index (χ1) is 14.6. The molecule has 2 fully saturated rings. The highest BCUT2D eigenvalue weighted by Crippen LogP contribution is 2.46. The highest BCUT2D eigenvalue weighted by molar-refractivity contribution is 5.66. The van der Waals surface area contributed by atoms with Crippen LogP contribution in [-0.4, -0.2) is 43.3 Å². The molecule has 2 aromatic rings. The third kappa shape index (κ3) is 3.42. The predicted octanol–water partition coefficient (Wildman–Crippen LogP) is 3.11. The standard InChI is InChI=1S/C24H26FN3O2/c25-23-11-17(1-3-18(23)9-20(27)12-26)16-2-4-19-13-30-24(22(19)10-16)5-7-28(8-6-24)21-14-29-15-21/h1-4,10-11,20-21H,5-9,13-15,27H2/t20-/m0/s1. The van der Waals surface area contributed by atoms with Gasteiger partial charge in [0, 0.05) is 19.5 Å². The number of benzene rings is 2. The van der Waals surface area contributed by atoms with E-state index in [0.29, 0.717) is 18.2 Å². The first-order valence-electron chi connectivity index (χ1n) is 10.6. The maximum atomic E-state index is 14.6. The summed E-state index contributed by atoms with van der Waals surface area (Å²) in [6.07, 6.45) is 2.16. The van der Waals surface area contributed by atoms with Crippen LogP contribution < -0.4 is 5.73 Å². The molecular formula is C24H26FN3O2. The molecule has 0 aliphatic carbocycles. The molecule has 2 N–H and O–H groups in total. The van der Waals surface area contributed by atoms with Gasteiger partial charge in [-0.05, 0) is 52.8 Å². The van der Waals surface area contributed by atoms with Crippen molar-refractivity contribution in [2.24, 2.45) is 5.73 Å². The van der Waals surface area contributed by atoms with Gasteiger partial charge in [-0.1, -0.05) is 24.3 Å². The van der Waals surface area contributed by atoms with E-state index >= 15 is 0 Å². The molecule has 0 radical (unpaired) electrons. The Morgan fingerprint density at radius 3 is 2.57 bits per heavy atom. The first kappa shape index (κ1) is 19.7. The van der Waals surface area contributed by atoms with Gasteiger partial charge < -0.3 is 15.2 Å². The fourth-order valence-corrected chi connectivity index (χ4v) is 4.87. The first-order valence-corrected chi connectivity index (χ1v) is 10.6. The third-order valence-electron chi connectivity index (χ3n) is 6.84. The van der Waals surface area contributed by atoms with Gasteiger partial charge >= 0.3 is 0 Å². The number of hydrogen-bond acceptors (Lipinski definition) is 5. The number of ether oxygens (including phenoxy) is 2. The molecule has 6 heteroatoms. The van der Waals surface area contributed by atoms with Gasteiger partial charge in [0.1, 0.15) is 5.82 Å². The number of nitrogens with two attached hydrogens (primary N) is 1. The minimum absolute atomic E-state index is 0.215. The van der Waals surface area contributed by atoms with Crippen molar-refractivity contribution < 1.29 is 13.9 Å². The van der Waals surface area contributed by atoms with Gasteiger partial charge in [0.05, 0.1) is 43.6 Å². The fraction of sp³-hybridized carbons (Fsp3) is 0.458. The zero-order valence-electron chi connectivity index (χ0n) is 16.9. The Kier molecular flexibility index (Phi) is 5.08. The maximum Gasteiger partial charge on any atom is 0.127 e. The van der Waals surface area contributed by atoms with Crippen LogP contribution in [0.2, 0.25) is 0 Å². The molecule has 5 rings (SSSR count). The molecule has 0 unspecified atom stereocenters. The van der Waals surface area contributed by atoms with Gasteiger partial charge in [-0.3, -0.25) is 4.90 Å². The van der Waals surface area contributed by atoms with Crippen LogP contribution in [0.4, 0.5) is 4.39 Å². The summed E-state index contributed by atoms with van der Waals surface area (Å²) in [6, 6.07) is 13.3. The molecule has 0 saturated carbocycles. The molecule has 30 heavy (non-hydrogen) atoms. The average molecular weight is 407 g/mol. The van der Waals surface area contributed by atoms with E-state index in [-0.39, 0.29) is 17.8 Å².